The Morgan fingerprint density at radius 1 is 1.00 bits per heavy atom. The fourth-order valence-electron chi connectivity index (χ4n) is 4.06. The van der Waals surface area contributed by atoms with Gasteiger partial charge in [0.2, 0.25) is 5.82 Å². The summed E-state index contributed by atoms with van der Waals surface area (Å²) in [6.07, 6.45) is 7.08. The molecule has 4 aromatic rings. The summed E-state index contributed by atoms with van der Waals surface area (Å²) in [5.74, 6) is 1.28. The van der Waals surface area contributed by atoms with Crippen LogP contribution in [0.15, 0.2) is 48.7 Å². The van der Waals surface area contributed by atoms with Crippen LogP contribution in [-0.2, 0) is 19.4 Å². The number of hydrogen-bond donors (Lipinski definition) is 2. The lowest BCUT2D eigenvalue weighted by Gasteiger charge is -2.14. The highest BCUT2D eigenvalue weighted by Crippen LogP contribution is 2.28. The van der Waals surface area contributed by atoms with Gasteiger partial charge >= 0.3 is 0 Å². The average molecular weight is 413 g/mol. The smallest absolute Gasteiger partial charge is 0.252 e. The molecule has 31 heavy (non-hydrogen) atoms. The first-order valence-electron chi connectivity index (χ1n) is 10.5. The molecule has 0 atom stereocenters. The predicted octanol–water partition coefficient (Wildman–Crippen LogP) is 3.17. The summed E-state index contributed by atoms with van der Waals surface area (Å²) in [6.45, 7) is 0.677. The van der Waals surface area contributed by atoms with Crippen molar-refractivity contribution in [1.82, 2.24) is 24.6 Å². The van der Waals surface area contributed by atoms with Gasteiger partial charge in [-0.2, -0.15) is 0 Å². The summed E-state index contributed by atoms with van der Waals surface area (Å²) in [5, 5.41) is 12.0. The van der Waals surface area contributed by atoms with Crippen LogP contribution in [0.4, 0.5) is 5.82 Å². The lowest BCUT2D eigenvalue weighted by atomic mass is 10.1. The van der Waals surface area contributed by atoms with Crippen molar-refractivity contribution >= 4 is 17.4 Å². The van der Waals surface area contributed by atoms with Crippen molar-refractivity contribution in [3.05, 3.63) is 71.0 Å². The van der Waals surface area contributed by atoms with Crippen LogP contribution in [0.2, 0.25) is 0 Å². The molecule has 156 valence electrons. The molecule has 8 nitrogen and oxygen atoms in total. The standard InChI is InChI=1S/C23H23N7O/c24-19(31)17-11-7-13-30-22(17)28-29-23(30)21-26-18-12-6-2-5-10-16(18)20(27-21)25-14-15-8-3-1-4-9-15/h1,3-4,7-9,11,13H,2,5-6,10,12,14H2,(H2,24,31)(H,25,26,27). The van der Waals surface area contributed by atoms with E-state index in [1.807, 2.05) is 18.2 Å². The predicted molar refractivity (Wildman–Crippen MR) is 118 cm³/mol. The molecule has 1 aromatic carbocycles. The number of carbonyl (C=O) groups excluding carboxylic acids is 1. The molecule has 0 unspecified atom stereocenters. The van der Waals surface area contributed by atoms with Crippen LogP contribution in [-0.4, -0.2) is 30.5 Å². The van der Waals surface area contributed by atoms with Crippen molar-refractivity contribution < 1.29 is 4.79 Å². The fraction of sp³-hybridized carbons (Fsp3) is 0.261. The summed E-state index contributed by atoms with van der Waals surface area (Å²) in [5.41, 5.74) is 9.64. The number of hydrogen-bond acceptors (Lipinski definition) is 6. The molecule has 0 saturated carbocycles. The van der Waals surface area contributed by atoms with E-state index in [4.69, 9.17) is 15.7 Å². The zero-order valence-electron chi connectivity index (χ0n) is 17.1. The number of nitrogens with two attached hydrogens (primary N) is 1. The summed E-state index contributed by atoms with van der Waals surface area (Å²) >= 11 is 0. The molecule has 8 heteroatoms. The molecule has 0 fully saturated rings. The molecule has 0 spiro atoms. The number of benzene rings is 1. The van der Waals surface area contributed by atoms with E-state index < -0.39 is 5.91 Å². The summed E-state index contributed by atoms with van der Waals surface area (Å²) in [7, 11) is 0. The van der Waals surface area contributed by atoms with E-state index in [1.54, 1.807) is 22.7 Å². The van der Waals surface area contributed by atoms with Gasteiger partial charge in [-0.25, -0.2) is 9.97 Å². The second-order valence-corrected chi connectivity index (χ2v) is 7.72. The summed E-state index contributed by atoms with van der Waals surface area (Å²) in [6, 6.07) is 13.6. The molecule has 0 radical (unpaired) electrons. The topological polar surface area (TPSA) is 111 Å². The maximum absolute atomic E-state index is 11.8. The van der Waals surface area contributed by atoms with Crippen LogP contribution in [0.5, 0.6) is 0 Å². The average Bonchev–Trinajstić information content (AvgIpc) is 3.08. The maximum atomic E-state index is 11.8. The number of aryl methyl sites for hydroxylation is 1. The van der Waals surface area contributed by atoms with Crippen molar-refractivity contribution in [2.24, 2.45) is 5.73 Å². The normalized spacial score (nSPS) is 13.5. The third kappa shape index (κ3) is 3.72. The number of anilines is 1. The van der Waals surface area contributed by atoms with Gasteiger partial charge in [0.05, 0.1) is 5.56 Å². The lowest BCUT2D eigenvalue weighted by molar-refractivity contribution is 0.100. The highest BCUT2D eigenvalue weighted by atomic mass is 16.1. The zero-order chi connectivity index (χ0) is 21.2. The highest BCUT2D eigenvalue weighted by molar-refractivity contribution is 5.98. The van der Waals surface area contributed by atoms with Crippen LogP contribution >= 0.6 is 0 Å². The van der Waals surface area contributed by atoms with Gasteiger partial charge in [0, 0.05) is 24.0 Å². The van der Waals surface area contributed by atoms with E-state index in [0.29, 0.717) is 29.4 Å². The van der Waals surface area contributed by atoms with E-state index in [0.717, 1.165) is 37.2 Å². The largest absolute Gasteiger partial charge is 0.366 e. The SMILES string of the molecule is NC(=O)c1cccn2c(-c3nc4c(c(NCc5ccccc5)n3)CCCCC4)nnc12. The first-order valence-corrected chi connectivity index (χ1v) is 10.5. The number of nitrogens with one attached hydrogen (secondary N) is 1. The third-order valence-electron chi connectivity index (χ3n) is 5.64. The van der Waals surface area contributed by atoms with E-state index in [2.05, 4.69) is 27.6 Å². The second kappa shape index (κ2) is 8.14. The van der Waals surface area contributed by atoms with Crippen LogP contribution in [0.3, 0.4) is 0 Å². The molecule has 5 rings (SSSR count). The molecule has 3 aromatic heterocycles. The highest BCUT2D eigenvalue weighted by Gasteiger charge is 2.21. The van der Waals surface area contributed by atoms with Gasteiger partial charge in [0.1, 0.15) is 5.82 Å². The molecular weight excluding hydrogens is 390 g/mol. The van der Waals surface area contributed by atoms with Gasteiger partial charge in [0.25, 0.3) is 5.91 Å². The zero-order valence-corrected chi connectivity index (χ0v) is 17.1. The minimum atomic E-state index is -0.544. The first-order chi connectivity index (χ1) is 15.2. The molecule has 0 aliphatic heterocycles. The molecule has 1 amide bonds. The van der Waals surface area contributed by atoms with Gasteiger partial charge in [-0.3, -0.25) is 9.20 Å². The Kier molecular flexibility index (Phi) is 5.03. The summed E-state index contributed by atoms with van der Waals surface area (Å²) < 4.78 is 1.72. The monoisotopic (exact) mass is 413 g/mol. The Bertz CT molecular complexity index is 1250. The minimum absolute atomic E-state index is 0.318. The van der Waals surface area contributed by atoms with Crippen LogP contribution in [0.1, 0.15) is 46.4 Å². The minimum Gasteiger partial charge on any atom is -0.366 e. The quantitative estimate of drug-likeness (QED) is 0.486. The lowest BCUT2D eigenvalue weighted by Crippen LogP contribution is -2.13. The van der Waals surface area contributed by atoms with Gasteiger partial charge in [0.15, 0.2) is 11.5 Å². The third-order valence-corrected chi connectivity index (χ3v) is 5.64. The Morgan fingerprint density at radius 3 is 2.68 bits per heavy atom. The van der Waals surface area contributed by atoms with Gasteiger partial charge in [-0.05, 0) is 43.4 Å². The van der Waals surface area contributed by atoms with Gasteiger partial charge in [-0.15, -0.1) is 10.2 Å². The van der Waals surface area contributed by atoms with E-state index in [1.165, 1.54) is 17.5 Å². The first kappa shape index (κ1) is 19.2. The number of amides is 1. The fourth-order valence-corrected chi connectivity index (χ4v) is 4.06. The van der Waals surface area contributed by atoms with E-state index >= 15 is 0 Å². The van der Waals surface area contributed by atoms with Gasteiger partial charge in [-0.1, -0.05) is 36.8 Å². The summed E-state index contributed by atoms with van der Waals surface area (Å²) in [4.78, 5) is 21.5. The number of nitrogens with zero attached hydrogens (tertiary/aromatic N) is 5. The van der Waals surface area contributed by atoms with Crippen molar-refractivity contribution in [2.75, 3.05) is 5.32 Å². The Morgan fingerprint density at radius 2 is 1.84 bits per heavy atom. The number of primary amides is 1. The van der Waals surface area contributed by atoms with E-state index in [-0.39, 0.29) is 0 Å². The Balaban J connectivity index is 1.59. The van der Waals surface area contributed by atoms with E-state index in [9.17, 15) is 4.79 Å². The second-order valence-electron chi connectivity index (χ2n) is 7.72. The Labute approximate surface area is 179 Å². The van der Waals surface area contributed by atoms with Crippen molar-refractivity contribution in [3.8, 4) is 11.6 Å². The number of rotatable bonds is 5. The molecular formula is C23H23N7O. The van der Waals surface area contributed by atoms with Crippen LogP contribution in [0, 0.1) is 0 Å². The van der Waals surface area contributed by atoms with Gasteiger partial charge < -0.3 is 11.1 Å². The number of fused-ring (bicyclic) bond motifs is 2. The molecule has 1 aliphatic carbocycles. The molecule has 0 saturated heterocycles. The number of pyridine rings is 1. The molecule has 1 aliphatic rings. The molecule has 0 bridgehead atoms. The molecule has 3 N–H and O–H groups in total. The van der Waals surface area contributed by atoms with Crippen molar-refractivity contribution in [2.45, 2.75) is 38.6 Å². The van der Waals surface area contributed by atoms with Crippen LogP contribution in [0.25, 0.3) is 17.3 Å². The van der Waals surface area contributed by atoms with Crippen molar-refractivity contribution in [1.29, 1.82) is 0 Å². The Hall–Kier alpha value is -3.81. The number of carbonyl (C=O) groups is 1. The maximum Gasteiger partial charge on any atom is 0.252 e. The van der Waals surface area contributed by atoms with Crippen LogP contribution < -0.4 is 11.1 Å². The van der Waals surface area contributed by atoms with Crippen molar-refractivity contribution in [3.63, 3.8) is 0 Å². The number of aromatic nitrogens is 5. The molecule has 3 heterocycles.